The highest BCUT2D eigenvalue weighted by molar-refractivity contribution is 5.92. The number of nitriles is 1. The topological polar surface area (TPSA) is 111 Å². The molecule has 0 saturated carbocycles. The lowest BCUT2D eigenvalue weighted by Crippen LogP contribution is -2.16. The van der Waals surface area contributed by atoms with Crippen LogP contribution in [0.25, 0.3) is 0 Å². The molecule has 3 unspecified atom stereocenters. The van der Waals surface area contributed by atoms with Crippen molar-refractivity contribution in [2.45, 2.75) is 58.3 Å². The number of nitrogens with zero attached hydrogens (tertiary/aromatic N) is 1. The summed E-state index contributed by atoms with van der Waals surface area (Å²) in [5, 5.41) is 40.2. The van der Waals surface area contributed by atoms with Gasteiger partial charge in [0.15, 0.2) is 0 Å². The van der Waals surface area contributed by atoms with Crippen LogP contribution in [0.4, 0.5) is 8.78 Å². The number of hydrogen-bond donors (Lipinski definition) is 3. The molecule has 166 valence electrons. The Labute approximate surface area is 179 Å². The summed E-state index contributed by atoms with van der Waals surface area (Å²) in [6, 6.07) is 5.50. The summed E-state index contributed by atoms with van der Waals surface area (Å²) in [5.74, 6) is -3.76. The Bertz CT molecular complexity index is 948. The number of esters is 1. The molecule has 6 nitrogen and oxygen atoms in total. The Morgan fingerprint density at radius 3 is 1.77 bits per heavy atom. The van der Waals surface area contributed by atoms with E-state index in [9.17, 15) is 28.9 Å². The van der Waals surface area contributed by atoms with Gasteiger partial charge in [-0.3, -0.25) is 0 Å². The Balaban J connectivity index is 2.58. The number of hydrogen-bond acceptors (Lipinski definition) is 6. The fourth-order valence-electron chi connectivity index (χ4n) is 3.28. The third-order valence-electron chi connectivity index (χ3n) is 5.03. The Morgan fingerprint density at radius 2 is 1.39 bits per heavy atom. The van der Waals surface area contributed by atoms with Crippen LogP contribution in [0.15, 0.2) is 24.3 Å². The van der Waals surface area contributed by atoms with Gasteiger partial charge in [0.2, 0.25) is 0 Å². The van der Waals surface area contributed by atoms with E-state index < -0.39 is 47.2 Å². The fourth-order valence-corrected chi connectivity index (χ4v) is 3.28. The number of benzene rings is 2. The van der Waals surface area contributed by atoms with Crippen LogP contribution < -0.4 is 4.74 Å². The van der Waals surface area contributed by atoms with Crippen LogP contribution in [0.5, 0.6) is 5.75 Å². The highest BCUT2D eigenvalue weighted by Gasteiger charge is 2.26. The second-order valence-corrected chi connectivity index (χ2v) is 7.10. The SMILES string of the molecule is CCC(O)c1cc(C(=O)Oc2cc(F)c(C#N)c(F)c2)cc(C(O)CC)c1C(O)CC. The van der Waals surface area contributed by atoms with E-state index in [4.69, 9.17) is 10.00 Å². The normalized spacial score (nSPS) is 13.9. The molecule has 0 aromatic heterocycles. The second-order valence-electron chi connectivity index (χ2n) is 7.10. The maximum Gasteiger partial charge on any atom is 0.343 e. The summed E-state index contributed by atoms with van der Waals surface area (Å²) in [4.78, 5) is 12.7. The van der Waals surface area contributed by atoms with Gasteiger partial charge in [-0.25, -0.2) is 13.6 Å². The number of carbonyl (C=O) groups excluding carboxylic acids is 1. The average Bonchev–Trinajstić information content (AvgIpc) is 2.76. The highest BCUT2D eigenvalue weighted by Crippen LogP contribution is 2.36. The van der Waals surface area contributed by atoms with Gasteiger partial charge in [0.25, 0.3) is 0 Å². The van der Waals surface area contributed by atoms with Crippen LogP contribution in [0.3, 0.4) is 0 Å². The zero-order valence-corrected chi connectivity index (χ0v) is 17.5. The quantitative estimate of drug-likeness (QED) is 0.421. The molecule has 3 atom stereocenters. The minimum Gasteiger partial charge on any atom is -0.423 e. The lowest BCUT2D eigenvalue weighted by atomic mass is 9.86. The van der Waals surface area contributed by atoms with E-state index in [0.717, 1.165) is 12.1 Å². The molecular formula is C23H25F2NO5. The molecule has 8 heteroatoms. The number of aliphatic hydroxyl groups is 3. The molecule has 2 aromatic rings. The molecule has 3 N–H and O–H groups in total. The predicted molar refractivity (Wildman–Crippen MR) is 108 cm³/mol. The molecule has 2 aromatic carbocycles. The second kappa shape index (κ2) is 10.4. The molecule has 0 aliphatic heterocycles. The van der Waals surface area contributed by atoms with Crippen LogP contribution >= 0.6 is 0 Å². The number of carbonyl (C=O) groups is 1. The number of halogens is 2. The molecule has 0 bridgehead atoms. The van der Waals surface area contributed by atoms with Crippen LogP contribution in [0.1, 0.15) is 91.0 Å². The van der Waals surface area contributed by atoms with Gasteiger partial charge >= 0.3 is 5.97 Å². The van der Waals surface area contributed by atoms with Crippen LogP contribution in [0, 0.1) is 23.0 Å². The van der Waals surface area contributed by atoms with Crippen molar-refractivity contribution in [3.63, 3.8) is 0 Å². The summed E-state index contributed by atoms with van der Waals surface area (Å²) < 4.78 is 32.7. The van der Waals surface area contributed by atoms with Crippen molar-refractivity contribution in [1.82, 2.24) is 0 Å². The van der Waals surface area contributed by atoms with Crippen molar-refractivity contribution < 1.29 is 33.6 Å². The Hall–Kier alpha value is -2.86. The monoisotopic (exact) mass is 433 g/mol. The third-order valence-corrected chi connectivity index (χ3v) is 5.03. The zero-order chi connectivity index (χ0) is 23.3. The van der Waals surface area contributed by atoms with E-state index in [2.05, 4.69) is 0 Å². The number of rotatable bonds is 8. The van der Waals surface area contributed by atoms with E-state index in [-0.39, 0.29) is 29.5 Å². The molecule has 31 heavy (non-hydrogen) atoms. The van der Waals surface area contributed by atoms with Crippen molar-refractivity contribution in [2.24, 2.45) is 0 Å². The first-order valence-corrected chi connectivity index (χ1v) is 10.0. The molecule has 0 saturated heterocycles. The van der Waals surface area contributed by atoms with Crippen LogP contribution in [-0.2, 0) is 0 Å². The van der Waals surface area contributed by atoms with Gasteiger partial charge in [-0.05, 0) is 48.1 Å². The molecule has 0 radical (unpaired) electrons. The fraction of sp³-hybridized carbons (Fsp3) is 0.391. The van der Waals surface area contributed by atoms with Gasteiger partial charge in [0.1, 0.15) is 29.0 Å². The van der Waals surface area contributed by atoms with Crippen molar-refractivity contribution in [3.05, 3.63) is 63.7 Å². The summed E-state index contributed by atoms with van der Waals surface area (Å²) >= 11 is 0. The predicted octanol–water partition coefficient (Wildman–Crippen LogP) is 4.39. The van der Waals surface area contributed by atoms with E-state index in [1.54, 1.807) is 20.8 Å². The summed E-state index contributed by atoms with van der Waals surface area (Å²) in [5.41, 5.74) is 0.0248. The van der Waals surface area contributed by atoms with Gasteiger partial charge in [-0.2, -0.15) is 5.26 Å². The zero-order valence-electron chi connectivity index (χ0n) is 17.5. The standard InChI is InChI=1S/C23H25F2NO5/c1-4-19(27)14-7-12(8-15(20(28)5-2)22(14)21(29)6-3)23(30)31-13-9-17(24)16(11-26)18(25)10-13/h7-10,19-21,27-29H,4-6H2,1-3H3. The lowest BCUT2D eigenvalue weighted by molar-refractivity contribution is 0.0732. The summed E-state index contributed by atoms with van der Waals surface area (Å²) in [7, 11) is 0. The van der Waals surface area contributed by atoms with Crippen molar-refractivity contribution in [3.8, 4) is 11.8 Å². The lowest BCUT2D eigenvalue weighted by Gasteiger charge is -2.25. The molecular weight excluding hydrogens is 408 g/mol. The van der Waals surface area contributed by atoms with Crippen LogP contribution in [0.2, 0.25) is 0 Å². The molecule has 0 aliphatic carbocycles. The van der Waals surface area contributed by atoms with Gasteiger partial charge < -0.3 is 20.1 Å². The molecule has 0 fully saturated rings. The van der Waals surface area contributed by atoms with E-state index in [1.165, 1.54) is 18.2 Å². The smallest absolute Gasteiger partial charge is 0.343 e. The first-order chi connectivity index (χ1) is 14.7. The first-order valence-electron chi connectivity index (χ1n) is 10.0. The van der Waals surface area contributed by atoms with Gasteiger partial charge in [-0.1, -0.05) is 20.8 Å². The minimum absolute atomic E-state index is 0.0674. The molecule has 0 spiro atoms. The van der Waals surface area contributed by atoms with E-state index in [1.807, 2.05) is 0 Å². The van der Waals surface area contributed by atoms with Gasteiger partial charge in [-0.15, -0.1) is 0 Å². The average molecular weight is 433 g/mol. The highest BCUT2D eigenvalue weighted by atomic mass is 19.1. The van der Waals surface area contributed by atoms with Crippen molar-refractivity contribution in [2.75, 3.05) is 0 Å². The van der Waals surface area contributed by atoms with E-state index >= 15 is 0 Å². The van der Waals surface area contributed by atoms with Crippen molar-refractivity contribution in [1.29, 1.82) is 5.26 Å². The maximum atomic E-state index is 13.8. The minimum atomic E-state index is -1.17. The maximum absolute atomic E-state index is 13.8. The summed E-state index contributed by atoms with van der Waals surface area (Å²) in [6.45, 7) is 5.18. The molecule has 0 heterocycles. The molecule has 0 aliphatic rings. The van der Waals surface area contributed by atoms with Gasteiger partial charge in [0, 0.05) is 12.1 Å². The number of ether oxygens (including phenoxy) is 1. The Morgan fingerprint density at radius 1 is 0.935 bits per heavy atom. The Kier molecular flexibility index (Phi) is 8.22. The molecule has 0 amide bonds. The van der Waals surface area contributed by atoms with Crippen molar-refractivity contribution >= 4 is 5.97 Å². The molecule has 2 rings (SSSR count). The van der Waals surface area contributed by atoms with Crippen LogP contribution in [-0.4, -0.2) is 21.3 Å². The first kappa shape index (κ1) is 24.4. The largest absolute Gasteiger partial charge is 0.423 e. The van der Waals surface area contributed by atoms with E-state index in [0.29, 0.717) is 12.0 Å². The third kappa shape index (κ3) is 5.25. The van der Waals surface area contributed by atoms with Gasteiger partial charge in [0.05, 0.1) is 23.9 Å². The summed E-state index contributed by atoms with van der Waals surface area (Å²) in [6.07, 6.45) is -2.11. The number of aliphatic hydroxyl groups excluding tert-OH is 3.